The molecule has 0 unspecified atom stereocenters. The fraction of sp³-hybridized carbons (Fsp3) is 0. The van der Waals surface area contributed by atoms with Crippen LogP contribution in [0.5, 0.6) is 0 Å². The van der Waals surface area contributed by atoms with Crippen LogP contribution in [0.3, 0.4) is 0 Å². The van der Waals surface area contributed by atoms with Crippen molar-refractivity contribution in [2.45, 2.75) is 0 Å². The van der Waals surface area contributed by atoms with Crippen LogP contribution in [-0.4, -0.2) is 5.91 Å². The van der Waals surface area contributed by atoms with E-state index in [1.165, 1.54) is 0 Å². The summed E-state index contributed by atoms with van der Waals surface area (Å²) in [7, 11) is 0. The summed E-state index contributed by atoms with van der Waals surface area (Å²) in [6.07, 6.45) is 0. The summed E-state index contributed by atoms with van der Waals surface area (Å²) in [5, 5.41) is 3.67. The maximum atomic E-state index is 12.2. The molecular formula is C13H7Br2Cl2NO. The molecule has 2 rings (SSSR count). The minimum Gasteiger partial charge on any atom is -0.321 e. The van der Waals surface area contributed by atoms with Crippen molar-refractivity contribution in [3.05, 3.63) is 61.0 Å². The van der Waals surface area contributed by atoms with Crippen molar-refractivity contribution in [3.63, 3.8) is 0 Å². The Morgan fingerprint density at radius 2 is 1.79 bits per heavy atom. The second-order valence-corrected chi connectivity index (χ2v) is 6.20. The van der Waals surface area contributed by atoms with Crippen LogP contribution in [0.1, 0.15) is 10.4 Å². The van der Waals surface area contributed by atoms with Gasteiger partial charge in [0.15, 0.2) is 0 Å². The average Bonchev–Trinajstić information content (AvgIpc) is 2.38. The number of hydrogen-bond donors (Lipinski definition) is 1. The molecule has 98 valence electrons. The number of halogens is 4. The van der Waals surface area contributed by atoms with E-state index >= 15 is 0 Å². The van der Waals surface area contributed by atoms with Crippen molar-refractivity contribution in [2.75, 3.05) is 5.32 Å². The molecule has 0 aromatic heterocycles. The maximum absolute atomic E-state index is 12.2. The van der Waals surface area contributed by atoms with Gasteiger partial charge in [0.25, 0.3) is 5.91 Å². The van der Waals surface area contributed by atoms with Crippen molar-refractivity contribution < 1.29 is 4.79 Å². The molecule has 1 amide bonds. The van der Waals surface area contributed by atoms with Crippen molar-refractivity contribution in [2.24, 2.45) is 0 Å². The number of benzene rings is 2. The molecule has 0 saturated heterocycles. The number of carbonyl (C=O) groups is 1. The number of hydrogen-bond acceptors (Lipinski definition) is 1. The van der Waals surface area contributed by atoms with Gasteiger partial charge < -0.3 is 5.32 Å². The first-order chi connectivity index (χ1) is 8.99. The van der Waals surface area contributed by atoms with Gasteiger partial charge in [-0.25, -0.2) is 0 Å². The van der Waals surface area contributed by atoms with Crippen LogP contribution in [0.15, 0.2) is 45.3 Å². The van der Waals surface area contributed by atoms with Crippen molar-refractivity contribution >= 4 is 66.7 Å². The van der Waals surface area contributed by atoms with Crippen molar-refractivity contribution in [1.29, 1.82) is 0 Å². The average molecular weight is 424 g/mol. The van der Waals surface area contributed by atoms with Gasteiger partial charge in [-0.05, 0) is 46.3 Å². The van der Waals surface area contributed by atoms with Gasteiger partial charge in [-0.3, -0.25) is 4.79 Å². The third kappa shape index (κ3) is 3.51. The summed E-state index contributed by atoms with van der Waals surface area (Å²) in [6.45, 7) is 0. The number of anilines is 1. The largest absolute Gasteiger partial charge is 0.321 e. The molecule has 0 radical (unpaired) electrons. The van der Waals surface area contributed by atoms with Crippen LogP contribution in [-0.2, 0) is 0 Å². The smallest absolute Gasteiger partial charge is 0.257 e. The molecule has 0 atom stereocenters. The zero-order chi connectivity index (χ0) is 14.0. The summed E-state index contributed by atoms with van der Waals surface area (Å²) in [5.74, 6) is -0.297. The predicted octanol–water partition coefficient (Wildman–Crippen LogP) is 5.77. The molecule has 6 heteroatoms. The molecule has 0 heterocycles. The number of rotatable bonds is 2. The minimum absolute atomic E-state index is 0.297. The van der Waals surface area contributed by atoms with Crippen LogP contribution < -0.4 is 5.32 Å². The number of carbonyl (C=O) groups excluding carboxylic acids is 1. The highest BCUT2D eigenvalue weighted by molar-refractivity contribution is 9.11. The van der Waals surface area contributed by atoms with Gasteiger partial charge in [0.05, 0.1) is 25.8 Å². The molecule has 0 fully saturated rings. The van der Waals surface area contributed by atoms with Crippen molar-refractivity contribution in [3.8, 4) is 0 Å². The van der Waals surface area contributed by atoms with Gasteiger partial charge in [0, 0.05) is 4.47 Å². The molecule has 0 aliphatic rings. The van der Waals surface area contributed by atoms with E-state index in [-0.39, 0.29) is 5.91 Å². The van der Waals surface area contributed by atoms with E-state index in [4.69, 9.17) is 23.2 Å². The van der Waals surface area contributed by atoms with E-state index in [0.717, 1.165) is 4.47 Å². The monoisotopic (exact) mass is 421 g/mol. The molecule has 2 aromatic carbocycles. The summed E-state index contributed by atoms with van der Waals surface area (Å²) in [6, 6.07) is 10.3. The first-order valence-corrected chi connectivity index (χ1v) is 7.53. The molecule has 0 aliphatic heterocycles. The summed E-state index contributed by atoms with van der Waals surface area (Å²) in [4.78, 5) is 12.2. The van der Waals surface area contributed by atoms with Gasteiger partial charge in [-0.1, -0.05) is 45.2 Å². The highest BCUT2D eigenvalue weighted by Gasteiger charge is 2.13. The summed E-state index contributed by atoms with van der Waals surface area (Å²) < 4.78 is 1.42. The number of nitrogens with one attached hydrogen (secondary N) is 1. The molecule has 2 nitrogen and oxygen atoms in total. The first-order valence-electron chi connectivity index (χ1n) is 5.19. The van der Waals surface area contributed by atoms with Gasteiger partial charge in [-0.2, -0.15) is 0 Å². The zero-order valence-electron chi connectivity index (χ0n) is 9.38. The van der Waals surface area contributed by atoms with Gasteiger partial charge in [-0.15, -0.1) is 0 Å². The Morgan fingerprint density at radius 3 is 2.53 bits per heavy atom. The summed E-state index contributed by atoms with van der Waals surface area (Å²) >= 11 is 18.6. The van der Waals surface area contributed by atoms with E-state index in [0.29, 0.717) is 25.8 Å². The second-order valence-electron chi connectivity index (χ2n) is 3.68. The molecule has 0 saturated carbocycles. The van der Waals surface area contributed by atoms with Crippen LogP contribution in [0.25, 0.3) is 0 Å². The minimum atomic E-state index is -0.297. The lowest BCUT2D eigenvalue weighted by Gasteiger charge is -2.09. The van der Waals surface area contributed by atoms with E-state index < -0.39 is 0 Å². The predicted molar refractivity (Wildman–Crippen MR) is 86.3 cm³/mol. The third-order valence-electron chi connectivity index (χ3n) is 2.37. The molecule has 19 heavy (non-hydrogen) atoms. The van der Waals surface area contributed by atoms with Crippen LogP contribution >= 0.6 is 55.1 Å². The van der Waals surface area contributed by atoms with Crippen LogP contribution in [0.2, 0.25) is 10.0 Å². The molecule has 2 aromatic rings. The topological polar surface area (TPSA) is 29.1 Å². The standard InChI is InChI=1S/C13H7Br2Cl2NO/c14-7-4-5-9(16)8(6-7)13(19)18-11-3-1-2-10(17)12(11)15/h1-6H,(H,18,19). The van der Waals surface area contributed by atoms with Gasteiger partial charge >= 0.3 is 0 Å². The number of amides is 1. The lowest BCUT2D eigenvalue weighted by Crippen LogP contribution is -2.13. The Balaban J connectivity index is 2.31. The second kappa shape index (κ2) is 6.27. The summed E-state index contributed by atoms with van der Waals surface area (Å²) in [5.41, 5.74) is 0.983. The molecule has 0 spiro atoms. The lowest BCUT2D eigenvalue weighted by atomic mass is 10.2. The third-order valence-corrected chi connectivity index (χ3v) is 4.59. The first kappa shape index (κ1) is 14.9. The van der Waals surface area contributed by atoms with Crippen LogP contribution in [0.4, 0.5) is 5.69 Å². The Bertz CT molecular complexity index is 647. The normalized spacial score (nSPS) is 10.3. The fourth-order valence-corrected chi connectivity index (χ4v) is 2.56. The quantitative estimate of drug-likeness (QED) is 0.652. The molecule has 0 bridgehead atoms. The molecule has 1 N–H and O–H groups in total. The Kier molecular flexibility index (Phi) is 4.90. The fourth-order valence-electron chi connectivity index (χ4n) is 1.46. The van der Waals surface area contributed by atoms with E-state index in [9.17, 15) is 4.79 Å². The van der Waals surface area contributed by atoms with Crippen molar-refractivity contribution in [1.82, 2.24) is 0 Å². The highest BCUT2D eigenvalue weighted by Crippen LogP contribution is 2.31. The van der Waals surface area contributed by atoms with E-state index in [1.807, 2.05) is 0 Å². The Hall–Kier alpha value is -0.550. The van der Waals surface area contributed by atoms with E-state index in [1.54, 1.807) is 36.4 Å². The lowest BCUT2D eigenvalue weighted by molar-refractivity contribution is 0.102. The van der Waals surface area contributed by atoms with Gasteiger partial charge in [0.1, 0.15) is 0 Å². The van der Waals surface area contributed by atoms with Crippen LogP contribution in [0, 0.1) is 0 Å². The SMILES string of the molecule is O=C(Nc1cccc(Cl)c1Br)c1cc(Br)ccc1Cl. The van der Waals surface area contributed by atoms with Gasteiger partial charge in [0.2, 0.25) is 0 Å². The van der Waals surface area contributed by atoms with E-state index in [2.05, 4.69) is 37.2 Å². The Labute approximate surface area is 137 Å². The maximum Gasteiger partial charge on any atom is 0.257 e. The zero-order valence-corrected chi connectivity index (χ0v) is 14.1. The highest BCUT2D eigenvalue weighted by atomic mass is 79.9. The molecule has 0 aliphatic carbocycles. The molecular weight excluding hydrogens is 417 g/mol. The Morgan fingerprint density at radius 1 is 1.05 bits per heavy atom.